The summed E-state index contributed by atoms with van der Waals surface area (Å²) in [5.41, 5.74) is 6.18. The van der Waals surface area contributed by atoms with Gasteiger partial charge in [-0.2, -0.15) is 0 Å². The number of Topliss-reactive ketones (excluding diaryl/α,β-unsaturated/α-hetero) is 1. The lowest BCUT2D eigenvalue weighted by Crippen LogP contribution is -2.27. The highest BCUT2D eigenvalue weighted by Crippen LogP contribution is 2.45. The first-order chi connectivity index (χ1) is 14.2. The first-order valence-corrected chi connectivity index (χ1v) is 10.7. The fraction of sp³-hybridized carbons (Fsp3) is 0.160. The molecule has 1 aliphatic carbocycles. The van der Waals surface area contributed by atoms with Crippen molar-refractivity contribution in [3.05, 3.63) is 106 Å². The molecule has 0 bridgehead atoms. The molecular formula is C25H21BrN2O. The largest absolute Gasteiger partial charge is 0.372 e. The van der Waals surface area contributed by atoms with Gasteiger partial charge < -0.3 is 10.6 Å². The second kappa shape index (κ2) is 7.53. The number of carbonyl (C=O) groups excluding carboxylic acids is 1. The number of benzene rings is 3. The molecule has 0 aromatic heterocycles. The number of hydrogen-bond acceptors (Lipinski definition) is 3. The molecule has 3 aromatic rings. The van der Waals surface area contributed by atoms with Gasteiger partial charge in [0.25, 0.3) is 0 Å². The molecule has 2 aliphatic rings. The summed E-state index contributed by atoms with van der Waals surface area (Å²) < 4.78 is 1.00. The van der Waals surface area contributed by atoms with Crippen LogP contribution < -0.4 is 10.6 Å². The normalized spacial score (nSPS) is 20.8. The van der Waals surface area contributed by atoms with E-state index in [1.165, 1.54) is 5.56 Å². The number of hydrogen-bond donors (Lipinski definition) is 2. The van der Waals surface area contributed by atoms with Crippen molar-refractivity contribution in [3.63, 3.8) is 0 Å². The lowest BCUT2D eigenvalue weighted by Gasteiger charge is -2.30. The van der Waals surface area contributed by atoms with Crippen molar-refractivity contribution < 1.29 is 4.79 Å². The number of para-hydroxylation sites is 2. The van der Waals surface area contributed by atoms with Gasteiger partial charge in [-0.3, -0.25) is 4.79 Å². The Labute approximate surface area is 179 Å². The van der Waals surface area contributed by atoms with Crippen LogP contribution in [-0.4, -0.2) is 5.78 Å². The van der Waals surface area contributed by atoms with E-state index in [2.05, 4.69) is 56.9 Å². The van der Waals surface area contributed by atoms with E-state index in [0.717, 1.165) is 39.1 Å². The van der Waals surface area contributed by atoms with Gasteiger partial charge in [0.05, 0.1) is 17.4 Å². The summed E-state index contributed by atoms with van der Waals surface area (Å²) >= 11 is 3.69. The zero-order valence-corrected chi connectivity index (χ0v) is 17.4. The maximum atomic E-state index is 13.5. The van der Waals surface area contributed by atoms with E-state index in [4.69, 9.17) is 0 Å². The molecule has 29 heavy (non-hydrogen) atoms. The lowest BCUT2D eigenvalue weighted by molar-refractivity contribution is -0.116. The zero-order valence-electron chi connectivity index (χ0n) is 15.9. The summed E-state index contributed by atoms with van der Waals surface area (Å²) in [6.45, 7) is 0. The molecule has 0 amide bonds. The summed E-state index contributed by atoms with van der Waals surface area (Å²) in [5.74, 6) is 0.397. The minimum Gasteiger partial charge on any atom is -0.372 e. The van der Waals surface area contributed by atoms with E-state index in [1.54, 1.807) is 0 Å². The average Bonchev–Trinajstić information content (AvgIpc) is 2.91. The summed E-state index contributed by atoms with van der Waals surface area (Å²) in [6.07, 6.45) is 1.35. The molecule has 2 N–H and O–H groups in total. The SMILES string of the molecule is O=C1C[C@H](c2ccccc2)CC2=C1[C@@H](c1ccccc1Br)Nc1ccccc1N2. The predicted octanol–water partition coefficient (Wildman–Crippen LogP) is 6.43. The minimum atomic E-state index is -0.194. The smallest absolute Gasteiger partial charge is 0.163 e. The molecule has 0 fully saturated rings. The molecule has 1 heterocycles. The molecule has 1 aliphatic heterocycles. The van der Waals surface area contributed by atoms with Crippen LogP contribution >= 0.6 is 15.9 Å². The van der Waals surface area contributed by atoms with Crippen LogP contribution in [0.5, 0.6) is 0 Å². The topological polar surface area (TPSA) is 41.1 Å². The fourth-order valence-electron chi connectivity index (χ4n) is 4.40. The number of allylic oxidation sites excluding steroid dienone is 1. The van der Waals surface area contributed by atoms with Crippen LogP contribution in [0.2, 0.25) is 0 Å². The van der Waals surface area contributed by atoms with Crippen molar-refractivity contribution in [2.75, 3.05) is 10.6 Å². The van der Waals surface area contributed by atoms with Crippen molar-refractivity contribution >= 4 is 33.1 Å². The Morgan fingerprint density at radius 3 is 2.28 bits per heavy atom. The van der Waals surface area contributed by atoms with Gasteiger partial charge >= 0.3 is 0 Å². The van der Waals surface area contributed by atoms with Crippen LogP contribution in [0.3, 0.4) is 0 Å². The van der Waals surface area contributed by atoms with Crippen molar-refractivity contribution in [2.45, 2.75) is 24.8 Å². The molecule has 0 saturated heterocycles. The number of anilines is 2. The summed E-state index contributed by atoms with van der Waals surface area (Å²) in [6, 6.07) is 26.5. The average molecular weight is 445 g/mol. The van der Waals surface area contributed by atoms with E-state index < -0.39 is 0 Å². The van der Waals surface area contributed by atoms with Gasteiger partial charge in [-0.1, -0.05) is 76.6 Å². The summed E-state index contributed by atoms with van der Waals surface area (Å²) in [7, 11) is 0. The zero-order chi connectivity index (χ0) is 19.8. The van der Waals surface area contributed by atoms with Crippen molar-refractivity contribution in [1.82, 2.24) is 0 Å². The third-order valence-corrected chi connectivity index (χ3v) is 6.52. The van der Waals surface area contributed by atoms with Gasteiger partial charge in [-0.05, 0) is 41.7 Å². The predicted molar refractivity (Wildman–Crippen MR) is 121 cm³/mol. The Hall–Kier alpha value is -2.85. The monoisotopic (exact) mass is 444 g/mol. The molecule has 5 rings (SSSR count). The Morgan fingerprint density at radius 2 is 1.48 bits per heavy atom. The Morgan fingerprint density at radius 1 is 0.793 bits per heavy atom. The van der Waals surface area contributed by atoms with E-state index in [0.29, 0.717) is 6.42 Å². The van der Waals surface area contributed by atoms with Gasteiger partial charge in [0.2, 0.25) is 0 Å². The maximum Gasteiger partial charge on any atom is 0.163 e. The highest BCUT2D eigenvalue weighted by molar-refractivity contribution is 9.10. The first-order valence-electron chi connectivity index (χ1n) is 9.89. The van der Waals surface area contributed by atoms with Crippen LogP contribution in [-0.2, 0) is 4.79 Å². The van der Waals surface area contributed by atoms with E-state index in [1.807, 2.05) is 48.5 Å². The molecule has 0 radical (unpaired) electrons. The van der Waals surface area contributed by atoms with Crippen molar-refractivity contribution in [1.29, 1.82) is 0 Å². The molecule has 4 heteroatoms. The molecule has 0 unspecified atom stereocenters. The number of rotatable bonds is 2. The van der Waals surface area contributed by atoms with Gasteiger partial charge in [0, 0.05) is 22.2 Å². The van der Waals surface area contributed by atoms with Crippen LogP contribution in [0.4, 0.5) is 11.4 Å². The number of ketones is 1. The van der Waals surface area contributed by atoms with Gasteiger partial charge in [0.1, 0.15) is 0 Å². The first kappa shape index (κ1) is 18.2. The quantitative estimate of drug-likeness (QED) is 0.478. The fourth-order valence-corrected chi connectivity index (χ4v) is 4.91. The molecular weight excluding hydrogens is 424 g/mol. The van der Waals surface area contributed by atoms with E-state index in [9.17, 15) is 4.79 Å². The maximum absolute atomic E-state index is 13.5. The Bertz CT molecular complexity index is 1110. The third kappa shape index (κ3) is 3.38. The van der Waals surface area contributed by atoms with E-state index >= 15 is 0 Å². The number of fused-ring (bicyclic) bond motifs is 1. The highest BCUT2D eigenvalue weighted by atomic mass is 79.9. The summed E-state index contributed by atoms with van der Waals surface area (Å²) in [5, 5.41) is 7.22. The second-order valence-corrected chi connectivity index (χ2v) is 8.46. The Kier molecular flexibility index (Phi) is 4.72. The van der Waals surface area contributed by atoms with E-state index in [-0.39, 0.29) is 17.7 Å². The molecule has 0 saturated carbocycles. The van der Waals surface area contributed by atoms with Gasteiger partial charge in [-0.15, -0.1) is 0 Å². The van der Waals surface area contributed by atoms with Gasteiger partial charge in [0.15, 0.2) is 5.78 Å². The number of halogens is 1. The number of nitrogens with one attached hydrogen (secondary N) is 2. The van der Waals surface area contributed by atoms with Gasteiger partial charge in [-0.25, -0.2) is 0 Å². The van der Waals surface area contributed by atoms with Crippen molar-refractivity contribution in [2.24, 2.45) is 0 Å². The summed E-state index contributed by atoms with van der Waals surface area (Å²) in [4.78, 5) is 13.5. The molecule has 144 valence electrons. The standard InChI is InChI=1S/C25H21BrN2O/c26-19-11-5-4-10-18(19)25-24-22(27-20-12-6-7-13-21(20)28-25)14-17(15-23(24)29)16-8-2-1-3-9-16/h1-13,17,25,27-28H,14-15H2/t17-,25-/m1/s1. The molecule has 2 atom stereocenters. The van der Waals surface area contributed by atoms with Crippen LogP contribution in [0.15, 0.2) is 94.6 Å². The minimum absolute atomic E-state index is 0.194. The molecule has 3 aromatic carbocycles. The Balaban J connectivity index is 1.64. The van der Waals surface area contributed by atoms with Crippen LogP contribution in [0.25, 0.3) is 0 Å². The lowest BCUT2D eigenvalue weighted by atomic mass is 9.78. The highest BCUT2D eigenvalue weighted by Gasteiger charge is 2.36. The third-order valence-electron chi connectivity index (χ3n) is 5.80. The second-order valence-electron chi connectivity index (χ2n) is 7.60. The van der Waals surface area contributed by atoms with Crippen LogP contribution in [0.1, 0.15) is 35.9 Å². The molecule has 0 spiro atoms. The molecule has 3 nitrogen and oxygen atoms in total. The number of carbonyl (C=O) groups is 1. The van der Waals surface area contributed by atoms with Crippen molar-refractivity contribution in [3.8, 4) is 0 Å². The van der Waals surface area contributed by atoms with Crippen LogP contribution in [0, 0.1) is 0 Å².